The van der Waals surface area contributed by atoms with Gasteiger partial charge in [0.05, 0.1) is 5.69 Å². The monoisotopic (exact) mass is 282 g/mol. The predicted octanol–water partition coefficient (Wildman–Crippen LogP) is 1.21. The van der Waals surface area contributed by atoms with E-state index >= 15 is 0 Å². The summed E-state index contributed by atoms with van der Waals surface area (Å²) in [6.45, 7) is 5.47. The van der Waals surface area contributed by atoms with E-state index in [9.17, 15) is 4.79 Å². The number of hydrogen-bond donors (Lipinski definition) is 1. The minimum Gasteiger partial charge on any atom is -0.354 e. The van der Waals surface area contributed by atoms with Crippen LogP contribution in [0.4, 0.5) is 5.13 Å². The van der Waals surface area contributed by atoms with E-state index < -0.39 is 0 Å². The number of aromatic nitrogens is 1. The number of carbonyl (C=O) groups is 1. The normalized spacial score (nSPS) is 15.6. The molecule has 5 nitrogen and oxygen atoms in total. The third-order valence-corrected chi connectivity index (χ3v) is 4.41. The zero-order valence-corrected chi connectivity index (χ0v) is 12.7. The summed E-state index contributed by atoms with van der Waals surface area (Å²) in [5.74, 6) is 0.149. The van der Waals surface area contributed by atoms with Crippen LogP contribution in [-0.2, 0) is 6.42 Å². The zero-order chi connectivity index (χ0) is 13.8. The molecule has 2 rings (SSSR count). The van der Waals surface area contributed by atoms with Crippen LogP contribution in [0, 0.1) is 0 Å². The van der Waals surface area contributed by atoms with E-state index in [1.807, 2.05) is 23.9 Å². The lowest BCUT2D eigenvalue weighted by atomic mass is 10.2. The van der Waals surface area contributed by atoms with Crippen molar-refractivity contribution in [1.29, 1.82) is 0 Å². The van der Waals surface area contributed by atoms with E-state index in [0.29, 0.717) is 0 Å². The maximum Gasteiger partial charge on any atom is 0.266 e. The van der Waals surface area contributed by atoms with Gasteiger partial charge in [-0.2, -0.15) is 0 Å². The number of anilines is 1. The molecule has 1 saturated heterocycles. The summed E-state index contributed by atoms with van der Waals surface area (Å²) in [6.07, 6.45) is 1.88. The molecule has 0 unspecified atom stereocenters. The Balaban J connectivity index is 2.23. The maximum atomic E-state index is 12.6. The molecule has 0 bridgehead atoms. The number of amides is 1. The lowest BCUT2D eigenvalue weighted by Gasteiger charge is -2.27. The molecule has 1 aromatic heterocycles. The van der Waals surface area contributed by atoms with Crippen LogP contribution in [0.3, 0.4) is 0 Å². The topological polar surface area (TPSA) is 48.5 Å². The second-order valence-electron chi connectivity index (χ2n) is 4.96. The molecule has 1 aliphatic rings. The Bertz CT molecular complexity index is 438. The fraction of sp³-hybridized carbons (Fsp3) is 0.692. The molecule has 0 aliphatic carbocycles. The average Bonchev–Trinajstić information content (AvgIpc) is 2.84. The highest BCUT2D eigenvalue weighted by atomic mass is 32.1. The van der Waals surface area contributed by atoms with Gasteiger partial charge in [0, 0.05) is 40.3 Å². The quantitative estimate of drug-likeness (QED) is 0.902. The van der Waals surface area contributed by atoms with Gasteiger partial charge in [0.2, 0.25) is 0 Å². The third kappa shape index (κ3) is 3.25. The molecule has 0 radical (unpaired) electrons. The van der Waals surface area contributed by atoms with Gasteiger partial charge in [0.15, 0.2) is 5.13 Å². The van der Waals surface area contributed by atoms with Gasteiger partial charge in [-0.25, -0.2) is 4.98 Å². The smallest absolute Gasteiger partial charge is 0.266 e. The summed E-state index contributed by atoms with van der Waals surface area (Å²) in [5.41, 5.74) is 0.958. The van der Waals surface area contributed by atoms with Crippen molar-refractivity contribution in [3.8, 4) is 0 Å². The average molecular weight is 282 g/mol. The Morgan fingerprint density at radius 1 is 1.42 bits per heavy atom. The number of thiazole rings is 1. The van der Waals surface area contributed by atoms with Gasteiger partial charge in [-0.1, -0.05) is 24.7 Å². The van der Waals surface area contributed by atoms with Crippen molar-refractivity contribution in [2.24, 2.45) is 0 Å². The number of hydrogen-bond acceptors (Lipinski definition) is 5. The second-order valence-corrected chi connectivity index (χ2v) is 5.94. The summed E-state index contributed by atoms with van der Waals surface area (Å²) in [6, 6.07) is 0. The predicted molar refractivity (Wildman–Crippen MR) is 79.2 cm³/mol. The van der Waals surface area contributed by atoms with Crippen molar-refractivity contribution in [3.05, 3.63) is 10.6 Å². The molecule has 0 spiro atoms. The van der Waals surface area contributed by atoms with Gasteiger partial charge in [-0.3, -0.25) is 4.79 Å². The SMILES string of the molecule is CCCc1nc(N(C)C)sc1C(=O)N1CCNCC1. The third-order valence-electron chi connectivity index (χ3n) is 3.15. The lowest BCUT2D eigenvalue weighted by molar-refractivity contribution is 0.0739. The second kappa shape index (κ2) is 6.34. The van der Waals surface area contributed by atoms with E-state index in [2.05, 4.69) is 17.2 Å². The molecule has 106 valence electrons. The van der Waals surface area contributed by atoms with E-state index in [1.54, 1.807) is 0 Å². The molecule has 1 N–H and O–H groups in total. The summed E-state index contributed by atoms with van der Waals surface area (Å²) in [5, 5.41) is 4.19. The number of piperazine rings is 1. The minimum atomic E-state index is 0.149. The molecule has 0 atom stereocenters. The lowest BCUT2D eigenvalue weighted by Crippen LogP contribution is -2.46. The van der Waals surface area contributed by atoms with Crippen molar-refractivity contribution in [1.82, 2.24) is 15.2 Å². The Kier molecular flexibility index (Phi) is 4.76. The number of nitrogens with zero attached hydrogens (tertiary/aromatic N) is 3. The van der Waals surface area contributed by atoms with Crippen molar-refractivity contribution in [2.45, 2.75) is 19.8 Å². The Morgan fingerprint density at radius 3 is 2.68 bits per heavy atom. The summed E-state index contributed by atoms with van der Waals surface area (Å²) < 4.78 is 0. The first-order valence-electron chi connectivity index (χ1n) is 6.80. The molecule has 0 saturated carbocycles. The van der Waals surface area contributed by atoms with Gasteiger partial charge in [-0.05, 0) is 6.42 Å². The van der Waals surface area contributed by atoms with Crippen molar-refractivity contribution in [3.63, 3.8) is 0 Å². The van der Waals surface area contributed by atoms with Gasteiger partial charge in [-0.15, -0.1) is 0 Å². The van der Waals surface area contributed by atoms with Gasteiger partial charge < -0.3 is 15.1 Å². The molecule has 1 fully saturated rings. The van der Waals surface area contributed by atoms with Crippen LogP contribution in [0.1, 0.15) is 28.7 Å². The zero-order valence-electron chi connectivity index (χ0n) is 11.9. The molecule has 19 heavy (non-hydrogen) atoms. The molecule has 1 aliphatic heterocycles. The molecule has 0 aromatic carbocycles. The molecular formula is C13H22N4OS. The Morgan fingerprint density at radius 2 is 2.11 bits per heavy atom. The van der Waals surface area contributed by atoms with Crippen LogP contribution in [0.2, 0.25) is 0 Å². The van der Waals surface area contributed by atoms with E-state index in [-0.39, 0.29) is 5.91 Å². The van der Waals surface area contributed by atoms with Gasteiger partial charge in [0.25, 0.3) is 5.91 Å². The number of carbonyl (C=O) groups excluding carboxylic acids is 1. The van der Waals surface area contributed by atoms with Crippen LogP contribution < -0.4 is 10.2 Å². The highest BCUT2D eigenvalue weighted by Gasteiger charge is 2.24. The van der Waals surface area contributed by atoms with E-state index in [0.717, 1.165) is 54.7 Å². The number of aryl methyl sites for hydroxylation is 1. The summed E-state index contributed by atoms with van der Waals surface area (Å²) >= 11 is 1.51. The maximum absolute atomic E-state index is 12.6. The fourth-order valence-electron chi connectivity index (χ4n) is 2.12. The van der Waals surface area contributed by atoms with Crippen LogP contribution in [-0.4, -0.2) is 56.1 Å². The Labute approximate surface area is 118 Å². The fourth-order valence-corrected chi connectivity index (χ4v) is 3.12. The van der Waals surface area contributed by atoms with Crippen LogP contribution in [0.25, 0.3) is 0 Å². The van der Waals surface area contributed by atoms with Crippen molar-refractivity contribution >= 4 is 22.4 Å². The van der Waals surface area contributed by atoms with Crippen LogP contribution >= 0.6 is 11.3 Å². The summed E-state index contributed by atoms with van der Waals surface area (Å²) in [4.78, 5) is 21.9. The summed E-state index contributed by atoms with van der Waals surface area (Å²) in [7, 11) is 3.93. The van der Waals surface area contributed by atoms with Crippen molar-refractivity contribution in [2.75, 3.05) is 45.2 Å². The van der Waals surface area contributed by atoms with Crippen LogP contribution in [0.15, 0.2) is 0 Å². The van der Waals surface area contributed by atoms with Gasteiger partial charge in [0.1, 0.15) is 4.88 Å². The first-order valence-corrected chi connectivity index (χ1v) is 7.62. The molecule has 1 amide bonds. The first kappa shape index (κ1) is 14.3. The van der Waals surface area contributed by atoms with Gasteiger partial charge >= 0.3 is 0 Å². The molecule has 6 heteroatoms. The number of rotatable bonds is 4. The number of nitrogens with one attached hydrogen (secondary N) is 1. The molecule has 2 heterocycles. The minimum absolute atomic E-state index is 0.149. The first-order chi connectivity index (χ1) is 9.13. The Hall–Kier alpha value is -1.14. The van der Waals surface area contributed by atoms with Crippen molar-refractivity contribution < 1.29 is 4.79 Å². The standard InChI is InChI=1S/C13H22N4OS/c1-4-5-10-11(19-13(15-10)16(2)3)12(18)17-8-6-14-7-9-17/h14H,4-9H2,1-3H3. The molecular weight excluding hydrogens is 260 g/mol. The van der Waals surface area contributed by atoms with E-state index in [1.165, 1.54) is 11.3 Å². The van der Waals surface area contributed by atoms with Crippen LogP contribution in [0.5, 0.6) is 0 Å². The highest BCUT2D eigenvalue weighted by Crippen LogP contribution is 2.27. The highest BCUT2D eigenvalue weighted by molar-refractivity contribution is 7.17. The largest absolute Gasteiger partial charge is 0.354 e. The van der Waals surface area contributed by atoms with E-state index in [4.69, 9.17) is 0 Å². The molecule has 1 aromatic rings.